The van der Waals surface area contributed by atoms with E-state index in [-0.39, 0.29) is 6.04 Å². The quantitative estimate of drug-likeness (QED) is 0.816. The number of rotatable bonds is 6. The molecule has 1 atom stereocenters. The van der Waals surface area contributed by atoms with E-state index in [0.29, 0.717) is 11.7 Å². The first-order valence-corrected chi connectivity index (χ1v) is 7.70. The van der Waals surface area contributed by atoms with Crippen LogP contribution in [0.4, 0.5) is 0 Å². The first-order valence-electron chi connectivity index (χ1n) is 6.48. The van der Waals surface area contributed by atoms with Crippen LogP contribution >= 0.6 is 11.8 Å². The maximum atomic E-state index is 6.02. The topological polar surface area (TPSA) is 64.9 Å². The summed E-state index contributed by atoms with van der Waals surface area (Å²) in [5, 5.41) is 4.00. The van der Waals surface area contributed by atoms with Gasteiger partial charge in [0.2, 0.25) is 11.7 Å². The molecule has 0 aliphatic rings. The molecular weight excluding hydrogens is 258 g/mol. The molecule has 0 saturated carbocycles. The second kappa shape index (κ2) is 6.73. The summed E-state index contributed by atoms with van der Waals surface area (Å²) in [6.07, 6.45) is 5.11. The maximum Gasteiger partial charge on any atom is 0.243 e. The molecule has 0 aliphatic heterocycles. The van der Waals surface area contributed by atoms with Crippen molar-refractivity contribution < 1.29 is 4.52 Å². The fourth-order valence-corrected chi connectivity index (χ4v) is 2.20. The first kappa shape index (κ1) is 14.1. The number of benzene rings is 1. The normalized spacial score (nSPS) is 12.6. The Labute approximate surface area is 117 Å². The van der Waals surface area contributed by atoms with Crippen molar-refractivity contribution in [3.63, 3.8) is 0 Å². The Morgan fingerprint density at radius 1 is 1.32 bits per heavy atom. The van der Waals surface area contributed by atoms with Crippen molar-refractivity contribution >= 4 is 11.8 Å². The van der Waals surface area contributed by atoms with Gasteiger partial charge in [-0.15, -0.1) is 11.8 Å². The molecule has 1 aromatic carbocycles. The minimum absolute atomic E-state index is 0.160. The molecule has 1 heterocycles. The van der Waals surface area contributed by atoms with Crippen LogP contribution in [0.2, 0.25) is 0 Å². The second-order valence-electron chi connectivity index (χ2n) is 4.43. The minimum Gasteiger partial charge on any atom is -0.337 e. The number of thioether (sulfide) groups is 1. The summed E-state index contributed by atoms with van der Waals surface area (Å²) in [5.74, 6) is 1.13. The van der Waals surface area contributed by atoms with E-state index in [1.165, 1.54) is 4.90 Å². The van der Waals surface area contributed by atoms with Crippen molar-refractivity contribution in [2.24, 2.45) is 5.73 Å². The highest BCUT2D eigenvalue weighted by Gasteiger charge is 2.15. The standard InChI is InChI=1S/C14H19N3OS/c1-3-4-5-12(15)14-16-13(17-18-14)10-6-8-11(19-2)9-7-10/h6-9,12H,3-5,15H2,1-2H3. The van der Waals surface area contributed by atoms with E-state index in [0.717, 1.165) is 24.8 Å². The molecule has 2 rings (SSSR count). The molecule has 0 fully saturated rings. The van der Waals surface area contributed by atoms with Crippen molar-refractivity contribution in [3.8, 4) is 11.4 Å². The van der Waals surface area contributed by atoms with Gasteiger partial charge < -0.3 is 10.3 Å². The summed E-state index contributed by atoms with van der Waals surface area (Å²) >= 11 is 1.71. The van der Waals surface area contributed by atoms with Crippen LogP contribution < -0.4 is 5.73 Å². The number of aromatic nitrogens is 2. The van der Waals surface area contributed by atoms with Crippen LogP contribution in [-0.4, -0.2) is 16.4 Å². The molecule has 4 nitrogen and oxygen atoms in total. The smallest absolute Gasteiger partial charge is 0.243 e. The lowest BCUT2D eigenvalue weighted by atomic mass is 10.1. The number of nitrogens with two attached hydrogens (primary N) is 1. The van der Waals surface area contributed by atoms with Gasteiger partial charge in [0.05, 0.1) is 6.04 Å². The maximum absolute atomic E-state index is 6.02. The number of hydrogen-bond donors (Lipinski definition) is 1. The fraction of sp³-hybridized carbons (Fsp3) is 0.429. The molecule has 102 valence electrons. The van der Waals surface area contributed by atoms with Gasteiger partial charge in [-0.05, 0) is 36.9 Å². The van der Waals surface area contributed by atoms with Crippen LogP contribution in [0.15, 0.2) is 33.7 Å². The number of hydrogen-bond acceptors (Lipinski definition) is 5. The van der Waals surface area contributed by atoms with Crippen LogP contribution in [-0.2, 0) is 0 Å². The van der Waals surface area contributed by atoms with Crippen molar-refractivity contribution in [1.82, 2.24) is 10.1 Å². The molecule has 1 unspecified atom stereocenters. The highest BCUT2D eigenvalue weighted by atomic mass is 32.2. The molecule has 2 aromatic rings. The summed E-state index contributed by atoms with van der Waals surface area (Å²) in [6, 6.07) is 7.93. The Kier molecular flexibility index (Phi) is 4.99. The third-order valence-electron chi connectivity index (χ3n) is 2.98. The number of unbranched alkanes of at least 4 members (excludes halogenated alkanes) is 1. The molecule has 0 aliphatic carbocycles. The Morgan fingerprint density at radius 2 is 2.05 bits per heavy atom. The molecular formula is C14H19N3OS. The fourth-order valence-electron chi connectivity index (χ4n) is 1.79. The highest BCUT2D eigenvalue weighted by molar-refractivity contribution is 7.98. The van der Waals surface area contributed by atoms with Gasteiger partial charge in [0, 0.05) is 10.5 Å². The Balaban J connectivity index is 2.11. The molecule has 0 bridgehead atoms. The minimum atomic E-state index is -0.160. The van der Waals surface area contributed by atoms with Gasteiger partial charge >= 0.3 is 0 Å². The average Bonchev–Trinajstić information content (AvgIpc) is 2.94. The summed E-state index contributed by atoms with van der Waals surface area (Å²) < 4.78 is 5.24. The van der Waals surface area contributed by atoms with Crippen molar-refractivity contribution in [2.75, 3.05) is 6.26 Å². The lowest BCUT2D eigenvalue weighted by Crippen LogP contribution is -2.10. The van der Waals surface area contributed by atoms with Crippen molar-refractivity contribution in [3.05, 3.63) is 30.2 Å². The van der Waals surface area contributed by atoms with Gasteiger partial charge in [-0.2, -0.15) is 4.98 Å². The third-order valence-corrected chi connectivity index (χ3v) is 3.72. The van der Waals surface area contributed by atoms with Gasteiger partial charge in [-0.1, -0.05) is 24.9 Å². The summed E-state index contributed by atoms with van der Waals surface area (Å²) in [4.78, 5) is 5.59. The molecule has 0 spiro atoms. The van der Waals surface area contributed by atoms with Crippen LogP contribution in [0.3, 0.4) is 0 Å². The molecule has 0 saturated heterocycles. The van der Waals surface area contributed by atoms with E-state index in [9.17, 15) is 0 Å². The van der Waals surface area contributed by atoms with E-state index in [1.807, 2.05) is 30.5 Å². The largest absolute Gasteiger partial charge is 0.337 e. The van der Waals surface area contributed by atoms with Crippen LogP contribution in [0, 0.1) is 0 Å². The molecule has 0 amide bonds. The predicted octanol–water partition coefficient (Wildman–Crippen LogP) is 3.65. The van der Waals surface area contributed by atoms with Gasteiger partial charge in [0.15, 0.2) is 0 Å². The predicted molar refractivity (Wildman–Crippen MR) is 78.0 cm³/mol. The SMILES string of the molecule is CCCCC(N)c1nc(-c2ccc(SC)cc2)no1. The lowest BCUT2D eigenvalue weighted by Gasteiger charge is -2.03. The van der Waals surface area contributed by atoms with Gasteiger partial charge in [0.1, 0.15) is 0 Å². The van der Waals surface area contributed by atoms with E-state index in [1.54, 1.807) is 11.8 Å². The Morgan fingerprint density at radius 3 is 2.68 bits per heavy atom. The van der Waals surface area contributed by atoms with Crippen LogP contribution in [0.1, 0.15) is 38.1 Å². The van der Waals surface area contributed by atoms with Gasteiger partial charge in [0.25, 0.3) is 0 Å². The zero-order chi connectivity index (χ0) is 13.7. The lowest BCUT2D eigenvalue weighted by molar-refractivity contribution is 0.346. The van der Waals surface area contributed by atoms with Gasteiger partial charge in [-0.3, -0.25) is 0 Å². The zero-order valence-corrected chi connectivity index (χ0v) is 12.1. The average molecular weight is 277 g/mol. The third kappa shape index (κ3) is 3.58. The summed E-state index contributed by atoms with van der Waals surface area (Å²) in [6.45, 7) is 2.14. The monoisotopic (exact) mass is 277 g/mol. The van der Waals surface area contributed by atoms with E-state index < -0.39 is 0 Å². The second-order valence-corrected chi connectivity index (χ2v) is 5.31. The van der Waals surface area contributed by atoms with Crippen molar-refractivity contribution in [2.45, 2.75) is 37.1 Å². The van der Waals surface area contributed by atoms with Crippen LogP contribution in [0.5, 0.6) is 0 Å². The first-order chi connectivity index (χ1) is 9.24. The van der Waals surface area contributed by atoms with Gasteiger partial charge in [-0.25, -0.2) is 0 Å². The highest BCUT2D eigenvalue weighted by Crippen LogP contribution is 2.23. The molecule has 5 heteroatoms. The van der Waals surface area contributed by atoms with E-state index in [2.05, 4.69) is 17.1 Å². The molecule has 0 radical (unpaired) electrons. The molecule has 19 heavy (non-hydrogen) atoms. The van der Waals surface area contributed by atoms with Crippen molar-refractivity contribution in [1.29, 1.82) is 0 Å². The van der Waals surface area contributed by atoms with E-state index >= 15 is 0 Å². The molecule has 2 N–H and O–H groups in total. The molecule has 1 aromatic heterocycles. The Bertz CT molecular complexity index is 510. The number of nitrogens with zero attached hydrogens (tertiary/aromatic N) is 2. The summed E-state index contributed by atoms with van der Waals surface area (Å²) in [7, 11) is 0. The Hall–Kier alpha value is -1.33. The van der Waals surface area contributed by atoms with E-state index in [4.69, 9.17) is 10.3 Å². The van der Waals surface area contributed by atoms with Crippen LogP contribution in [0.25, 0.3) is 11.4 Å². The summed E-state index contributed by atoms with van der Waals surface area (Å²) in [5.41, 5.74) is 6.97. The zero-order valence-electron chi connectivity index (χ0n) is 11.3.